The van der Waals surface area contributed by atoms with Crippen molar-refractivity contribution in [3.63, 3.8) is 0 Å². The van der Waals surface area contributed by atoms with E-state index in [2.05, 4.69) is 62.3 Å². The van der Waals surface area contributed by atoms with Gasteiger partial charge in [0.05, 0.1) is 6.54 Å². The molecule has 2 fully saturated rings. The van der Waals surface area contributed by atoms with Gasteiger partial charge in [0.15, 0.2) is 0 Å². The molecule has 2 saturated heterocycles. The fourth-order valence-electron chi connectivity index (χ4n) is 4.07. The summed E-state index contributed by atoms with van der Waals surface area (Å²) in [6, 6.07) is 12.8. The van der Waals surface area contributed by atoms with Crippen molar-refractivity contribution >= 4 is 23.2 Å². The van der Waals surface area contributed by atoms with Crippen molar-refractivity contribution in [2.24, 2.45) is 0 Å². The van der Waals surface area contributed by atoms with Crippen LogP contribution in [0.2, 0.25) is 0 Å². The second-order valence-electron chi connectivity index (χ2n) is 8.17. The number of nitrogens with one attached hydrogen (secondary N) is 1. The minimum Gasteiger partial charge on any atom is -0.369 e. The number of likely N-dealkylation sites (N-methyl/N-ethyl adjacent to an activating group) is 1. The minimum absolute atomic E-state index is 0.123. The number of carbonyl (C=O) groups is 1. The molecule has 0 spiro atoms. The van der Waals surface area contributed by atoms with Crippen LogP contribution in [0.4, 0.5) is 17.3 Å². The van der Waals surface area contributed by atoms with E-state index in [4.69, 9.17) is 0 Å². The van der Waals surface area contributed by atoms with Crippen LogP contribution in [0.25, 0.3) is 0 Å². The zero-order chi connectivity index (χ0) is 20.9. The highest BCUT2D eigenvalue weighted by atomic mass is 16.2. The van der Waals surface area contributed by atoms with Crippen molar-refractivity contribution in [2.75, 3.05) is 74.5 Å². The quantitative estimate of drug-likeness (QED) is 0.773. The number of hydrogen-bond acceptors (Lipinski definition) is 7. The molecule has 30 heavy (non-hydrogen) atoms. The van der Waals surface area contributed by atoms with Crippen LogP contribution in [0.1, 0.15) is 6.92 Å². The van der Waals surface area contributed by atoms with Crippen molar-refractivity contribution in [1.29, 1.82) is 0 Å². The van der Waals surface area contributed by atoms with Gasteiger partial charge in [-0.15, -0.1) is 0 Å². The van der Waals surface area contributed by atoms with Crippen LogP contribution in [-0.4, -0.2) is 91.1 Å². The molecule has 8 heteroatoms. The lowest BCUT2D eigenvalue weighted by atomic mass is 10.2. The Hall–Kier alpha value is -2.87. The Morgan fingerprint density at radius 3 is 2.47 bits per heavy atom. The van der Waals surface area contributed by atoms with E-state index < -0.39 is 0 Å². The lowest BCUT2D eigenvalue weighted by Crippen LogP contribution is -2.49. The number of benzene rings is 1. The molecule has 1 aromatic carbocycles. The molecule has 8 nitrogen and oxygen atoms in total. The molecule has 160 valence electrons. The van der Waals surface area contributed by atoms with Crippen molar-refractivity contribution in [2.45, 2.75) is 13.0 Å². The van der Waals surface area contributed by atoms with Crippen LogP contribution in [0.3, 0.4) is 0 Å². The summed E-state index contributed by atoms with van der Waals surface area (Å²) < 4.78 is 0. The van der Waals surface area contributed by atoms with Crippen molar-refractivity contribution < 1.29 is 4.79 Å². The summed E-state index contributed by atoms with van der Waals surface area (Å²) in [5.41, 5.74) is 1.30. The largest absolute Gasteiger partial charge is 0.369 e. The van der Waals surface area contributed by atoms with Gasteiger partial charge in [0.2, 0.25) is 5.91 Å². The van der Waals surface area contributed by atoms with E-state index in [0.29, 0.717) is 6.54 Å². The van der Waals surface area contributed by atoms with Crippen LogP contribution >= 0.6 is 0 Å². The van der Waals surface area contributed by atoms with E-state index in [1.807, 2.05) is 18.0 Å². The topological polar surface area (TPSA) is 67.8 Å². The minimum atomic E-state index is 0.123. The maximum atomic E-state index is 12.0. The Morgan fingerprint density at radius 1 is 1.00 bits per heavy atom. The molecular weight excluding hydrogens is 378 g/mol. The number of hydrogen-bond donors (Lipinski definition) is 1. The van der Waals surface area contributed by atoms with E-state index in [-0.39, 0.29) is 11.9 Å². The van der Waals surface area contributed by atoms with Crippen molar-refractivity contribution in [1.82, 2.24) is 19.8 Å². The fourth-order valence-corrected chi connectivity index (χ4v) is 4.07. The van der Waals surface area contributed by atoms with Gasteiger partial charge in [-0.05, 0) is 19.1 Å². The molecule has 0 saturated carbocycles. The predicted octanol–water partition coefficient (Wildman–Crippen LogP) is 1.38. The van der Waals surface area contributed by atoms with Gasteiger partial charge in [0, 0.05) is 70.7 Å². The average molecular weight is 410 g/mol. The molecule has 1 amide bonds. The number of nitrogens with zero attached hydrogens (tertiary/aromatic N) is 6. The number of aromatic nitrogens is 2. The lowest BCUT2D eigenvalue weighted by molar-refractivity contribution is -0.129. The molecule has 2 aliphatic heterocycles. The lowest BCUT2D eigenvalue weighted by Gasteiger charge is -2.37. The number of rotatable bonds is 6. The standard InChI is InChI=1S/C22H31N7O/c1-18(15-27-9-12-28(13-10-27)19-6-4-3-5-7-19)25-20-14-21(24-17-23-20)29-11-8-26(2)22(30)16-29/h3-7,14,17-18H,8-13,15-16H2,1-2H3,(H,23,24,25). The van der Waals surface area contributed by atoms with Gasteiger partial charge in [0.25, 0.3) is 0 Å². The van der Waals surface area contributed by atoms with Gasteiger partial charge in [0.1, 0.15) is 18.0 Å². The molecule has 2 aliphatic rings. The van der Waals surface area contributed by atoms with Crippen LogP contribution in [0.5, 0.6) is 0 Å². The van der Waals surface area contributed by atoms with Gasteiger partial charge in [-0.25, -0.2) is 9.97 Å². The van der Waals surface area contributed by atoms with Gasteiger partial charge >= 0.3 is 0 Å². The Labute approximate surface area is 178 Å². The highest BCUT2D eigenvalue weighted by Gasteiger charge is 2.23. The normalized spacial score (nSPS) is 19.1. The van der Waals surface area contributed by atoms with Crippen LogP contribution in [0, 0.1) is 0 Å². The van der Waals surface area contributed by atoms with Crippen LogP contribution in [-0.2, 0) is 4.79 Å². The summed E-state index contributed by atoms with van der Waals surface area (Å²) in [4.78, 5) is 29.5. The number of para-hydroxylation sites is 1. The van der Waals surface area contributed by atoms with Crippen molar-refractivity contribution in [3.05, 3.63) is 42.7 Å². The SMILES string of the molecule is CC(CN1CCN(c2ccccc2)CC1)Nc1cc(N2CCN(C)C(=O)C2)ncn1. The van der Waals surface area contributed by atoms with E-state index in [9.17, 15) is 4.79 Å². The first-order chi connectivity index (χ1) is 14.6. The maximum absolute atomic E-state index is 12.0. The van der Waals surface area contributed by atoms with E-state index in [0.717, 1.165) is 57.4 Å². The molecule has 0 radical (unpaired) electrons. The predicted molar refractivity (Wildman–Crippen MR) is 120 cm³/mol. The summed E-state index contributed by atoms with van der Waals surface area (Å²) in [7, 11) is 1.84. The van der Waals surface area contributed by atoms with Gasteiger partial charge in [-0.3, -0.25) is 9.69 Å². The van der Waals surface area contributed by atoms with Crippen LogP contribution < -0.4 is 15.1 Å². The molecule has 0 bridgehead atoms. The smallest absolute Gasteiger partial charge is 0.241 e. The second kappa shape index (κ2) is 9.30. The molecule has 0 aliphatic carbocycles. The molecule has 2 aromatic rings. The van der Waals surface area contributed by atoms with Gasteiger partial charge in [-0.1, -0.05) is 18.2 Å². The first-order valence-electron chi connectivity index (χ1n) is 10.7. The zero-order valence-corrected chi connectivity index (χ0v) is 17.9. The highest BCUT2D eigenvalue weighted by molar-refractivity contribution is 5.82. The van der Waals surface area contributed by atoms with E-state index in [1.165, 1.54) is 5.69 Å². The number of amides is 1. The first kappa shape index (κ1) is 20.4. The summed E-state index contributed by atoms with van der Waals surface area (Å²) >= 11 is 0. The number of piperazine rings is 2. The van der Waals surface area contributed by atoms with Gasteiger partial charge < -0.3 is 20.0 Å². The Balaban J connectivity index is 1.27. The van der Waals surface area contributed by atoms with E-state index in [1.54, 1.807) is 11.2 Å². The summed E-state index contributed by atoms with van der Waals surface area (Å²) in [6.07, 6.45) is 1.58. The second-order valence-corrected chi connectivity index (χ2v) is 8.17. The maximum Gasteiger partial charge on any atom is 0.241 e. The first-order valence-corrected chi connectivity index (χ1v) is 10.7. The number of carbonyl (C=O) groups excluding carboxylic acids is 1. The average Bonchev–Trinajstić information content (AvgIpc) is 2.77. The third kappa shape index (κ3) is 4.99. The van der Waals surface area contributed by atoms with Crippen molar-refractivity contribution in [3.8, 4) is 0 Å². The highest BCUT2D eigenvalue weighted by Crippen LogP contribution is 2.18. The zero-order valence-electron chi connectivity index (χ0n) is 17.9. The summed E-state index contributed by atoms with van der Waals surface area (Å²) in [5, 5.41) is 3.50. The molecule has 1 N–H and O–H groups in total. The summed E-state index contributed by atoms with van der Waals surface area (Å²) in [5.74, 6) is 1.73. The molecule has 3 heterocycles. The molecular formula is C22H31N7O. The fraction of sp³-hybridized carbons (Fsp3) is 0.500. The van der Waals surface area contributed by atoms with E-state index >= 15 is 0 Å². The molecule has 1 aromatic heterocycles. The molecule has 4 rings (SSSR count). The molecule has 1 atom stereocenters. The Kier molecular flexibility index (Phi) is 6.32. The third-order valence-corrected chi connectivity index (χ3v) is 5.85. The van der Waals surface area contributed by atoms with Gasteiger partial charge in [-0.2, -0.15) is 0 Å². The summed E-state index contributed by atoms with van der Waals surface area (Å²) in [6.45, 7) is 9.24. The molecule has 1 unspecified atom stereocenters. The Bertz CT molecular complexity index is 838. The van der Waals surface area contributed by atoms with Crippen LogP contribution in [0.15, 0.2) is 42.7 Å². The third-order valence-electron chi connectivity index (χ3n) is 5.85. The Morgan fingerprint density at radius 2 is 1.73 bits per heavy atom. The number of anilines is 3. The monoisotopic (exact) mass is 409 g/mol.